The van der Waals surface area contributed by atoms with Crippen LogP contribution in [-0.4, -0.2) is 12.1 Å². The summed E-state index contributed by atoms with van der Waals surface area (Å²) in [7, 11) is 1.67. The van der Waals surface area contributed by atoms with Crippen LogP contribution in [-0.2, 0) is 12.8 Å². The van der Waals surface area contributed by atoms with Gasteiger partial charge in [-0.25, -0.2) is 0 Å². The van der Waals surface area contributed by atoms with E-state index in [1.807, 2.05) is 18.2 Å². The van der Waals surface area contributed by atoms with E-state index in [0.29, 0.717) is 0 Å². The zero-order valence-corrected chi connectivity index (χ0v) is 10.5. The Hall–Kier alpha value is -1.28. The van der Waals surface area contributed by atoms with Crippen LogP contribution in [0.15, 0.2) is 18.2 Å². The zero-order chi connectivity index (χ0) is 11.8. The molecule has 1 heterocycles. The molecule has 1 aliphatic rings. The molecule has 0 fully saturated rings. The van der Waals surface area contributed by atoms with Gasteiger partial charge in [0.05, 0.1) is 17.6 Å². The molecular formula is C14H14ClNO. The van der Waals surface area contributed by atoms with Crippen LogP contribution in [0.3, 0.4) is 0 Å². The van der Waals surface area contributed by atoms with Gasteiger partial charge in [-0.15, -0.1) is 0 Å². The number of pyridine rings is 1. The maximum Gasteiger partial charge on any atom is 0.119 e. The number of nitrogens with zero attached hydrogens (tertiary/aromatic N) is 1. The first-order valence-electron chi connectivity index (χ1n) is 5.94. The van der Waals surface area contributed by atoms with Crippen molar-refractivity contribution in [2.75, 3.05) is 7.11 Å². The fourth-order valence-electron chi connectivity index (χ4n) is 2.47. The van der Waals surface area contributed by atoms with E-state index < -0.39 is 0 Å². The minimum Gasteiger partial charge on any atom is -0.497 e. The van der Waals surface area contributed by atoms with Crippen LogP contribution >= 0.6 is 11.6 Å². The van der Waals surface area contributed by atoms with Gasteiger partial charge in [0.1, 0.15) is 5.75 Å². The van der Waals surface area contributed by atoms with Gasteiger partial charge in [-0.3, -0.25) is 4.98 Å². The average Bonchev–Trinajstić information content (AvgIpc) is 2.39. The number of hydrogen-bond donors (Lipinski definition) is 0. The van der Waals surface area contributed by atoms with Crippen molar-refractivity contribution in [3.8, 4) is 5.75 Å². The van der Waals surface area contributed by atoms with Crippen molar-refractivity contribution in [2.45, 2.75) is 25.7 Å². The van der Waals surface area contributed by atoms with E-state index in [0.717, 1.165) is 34.5 Å². The van der Waals surface area contributed by atoms with Gasteiger partial charge in [-0.1, -0.05) is 11.6 Å². The average molecular weight is 248 g/mol. The normalized spacial score (nSPS) is 14.7. The Kier molecular flexibility index (Phi) is 2.67. The summed E-state index contributed by atoms with van der Waals surface area (Å²) in [6.45, 7) is 0. The summed E-state index contributed by atoms with van der Waals surface area (Å²) in [5.41, 5.74) is 3.38. The van der Waals surface area contributed by atoms with E-state index in [-0.39, 0.29) is 0 Å². The SMILES string of the molecule is COc1ccc2nc3c(c(Cl)c2c1)CCCC3. The molecule has 0 radical (unpaired) electrons. The van der Waals surface area contributed by atoms with E-state index >= 15 is 0 Å². The third-order valence-corrected chi connectivity index (χ3v) is 3.83. The molecule has 0 amide bonds. The predicted molar refractivity (Wildman–Crippen MR) is 69.9 cm³/mol. The van der Waals surface area contributed by atoms with Crippen molar-refractivity contribution in [1.82, 2.24) is 4.98 Å². The van der Waals surface area contributed by atoms with Crippen LogP contribution in [0.2, 0.25) is 5.02 Å². The predicted octanol–water partition coefficient (Wildman–Crippen LogP) is 3.78. The van der Waals surface area contributed by atoms with Gasteiger partial charge >= 0.3 is 0 Å². The Labute approximate surface area is 106 Å². The first-order chi connectivity index (χ1) is 8.29. The molecule has 0 unspecified atom stereocenters. The fraction of sp³-hybridized carbons (Fsp3) is 0.357. The van der Waals surface area contributed by atoms with Gasteiger partial charge in [0, 0.05) is 11.1 Å². The van der Waals surface area contributed by atoms with Gasteiger partial charge in [0.2, 0.25) is 0 Å². The minimum absolute atomic E-state index is 0.831. The van der Waals surface area contributed by atoms with Crippen molar-refractivity contribution < 1.29 is 4.74 Å². The number of rotatable bonds is 1. The standard InChI is InChI=1S/C14H14ClNO/c1-17-9-6-7-13-11(8-9)14(15)10-4-2-3-5-12(10)16-13/h6-8H,2-5H2,1H3. The Bertz CT molecular complexity index is 580. The van der Waals surface area contributed by atoms with E-state index in [4.69, 9.17) is 21.3 Å². The molecule has 1 aromatic heterocycles. The second-order valence-electron chi connectivity index (χ2n) is 4.44. The lowest BCUT2D eigenvalue weighted by Gasteiger charge is -2.17. The highest BCUT2D eigenvalue weighted by Crippen LogP contribution is 2.34. The zero-order valence-electron chi connectivity index (χ0n) is 9.79. The monoisotopic (exact) mass is 247 g/mol. The Balaban J connectivity index is 2.28. The number of fused-ring (bicyclic) bond motifs is 2. The van der Waals surface area contributed by atoms with Gasteiger partial charge in [-0.2, -0.15) is 0 Å². The summed E-state index contributed by atoms with van der Waals surface area (Å²) < 4.78 is 5.23. The third kappa shape index (κ3) is 1.77. The Morgan fingerprint density at radius 3 is 2.88 bits per heavy atom. The Morgan fingerprint density at radius 1 is 1.24 bits per heavy atom. The summed E-state index contributed by atoms with van der Waals surface area (Å²) in [6, 6.07) is 5.88. The van der Waals surface area contributed by atoms with Crippen LogP contribution < -0.4 is 4.74 Å². The van der Waals surface area contributed by atoms with Crippen LogP contribution in [0.4, 0.5) is 0 Å². The van der Waals surface area contributed by atoms with Crippen molar-refractivity contribution >= 4 is 22.5 Å². The molecule has 2 aromatic rings. The molecular weight excluding hydrogens is 234 g/mol. The van der Waals surface area contributed by atoms with Crippen LogP contribution in [0.1, 0.15) is 24.1 Å². The first-order valence-corrected chi connectivity index (χ1v) is 6.32. The highest BCUT2D eigenvalue weighted by atomic mass is 35.5. The second kappa shape index (κ2) is 4.19. The summed E-state index contributed by atoms with van der Waals surface area (Å²) in [5.74, 6) is 0.831. The quantitative estimate of drug-likeness (QED) is 0.765. The number of hydrogen-bond acceptors (Lipinski definition) is 2. The lowest BCUT2D eigenvalue weighted by Crippen LogP contribution is -2.06. The van der Waals surface area contributed by atoms with Crippen molar-refractivity contribution in [3.05, 3.63) is 34.5 Å². The van der Waals surface area contributed by atoms with Gasteiger partial charge < -0.3 is 4.74 Å². The van der Waals surface area contributed by atoms with Crippen molar-refractivity contribution in [1.29, 1.82) is 0 Å². The number of aromatic nitrogens is 1. The smallest absolute Gasteiger partial charge is 0.119 e. The van der Waals surface area contributed by atoms with Gasteiger partial charge in [-0.05, 0) is 49.4 Å². The molecule has 1 aromatic carbocycles. The van der Waals surface area contributed by atoms with Crippen LogP contribution in [0.5, 0.6) is 5.75 Å². The summed E-state index contributed by atoms with van der Waals surface area (Å²) in [5, 5.41) is 1.87. The highest BCUT2D eigenvalue weighted by Gasteiger charge is 2.17. The molecule has 0 N–H and O–H groups in total. The van der Waals surface area contributed by atoms with Gasteiger partial charge in [0.25, 0.3) is 0 Å². The maximum atomic E-state index is 6.49. The number of halogens is 1. The molecule has 1 aliphatic carbocycles. The molecule has 0 spiro atoms. The van der Waals surface area contributed by atoms with Gasteiger partial charge in [0.15, 0.2) is 0 Å². The molecule has 0 saturated carbocycles. The molecule has 2 nitrogen and oxygen atoms in total. The number of ether oxygens (including phenoxy) is 1. The summed E-state index contributed by atoms with van der Waals surface area (Å²) in [6.07, 6.45) is 4.53. The van der Waals surface area contributed by atoms with E-state index in [9.17, 15) is 0 Å². The van der Waals surface area contributed by atoms with E-state index in [1.165, 1.54) is 24.1 Å². The molecule has 17 heavy (non-hydrogen) atoms. The molecule has 0 saturated heterocycles. The first kappa shape index (κ1) is 10.8. The number of aryl methyl sites for hydroxylation is 1. The van der Waals surface area contributed by atoms with Crippen molar-refractivity contribution in [2.24, 2.45) is 0 Å². The Morgan fingerprint density at radius 2 is 2.06 bits per heavy atom. The topological polar surface area (TPSA) is 22.1 Å². The number of methoxy groups -OCH3 is 1. The lowest BCUT2D eigenvalue weighted by atomic mass is 9.94. The third-order valence-electron chi connectivity index (χ3n) is 3.40. The second-order valence-corrected chi connectivity index (χ2v) is 4.82. The summed E-state index contributed by atoms with van der Waals surface area (Å²) >= 11 is 6.49. The molecule has 3 heteroatoms. The fourth-order valence-corrected chi connectivity index (χ4v) is 2.83. The summed E-state index contributed by atoms with van der Waals surface area (Å²) in [4.78, 5) is 4.71. The van der Waals surface area contributed by atoms with E-state index in [2.05, 4.69) is 0 Å². The molecule has 0 bridgehead atoms. The molecule has 0 atom stereocenters. The molecule has 0 aliphatic heterocycles. The highest BCUT2D eigenvalue weighted by molar-refractivity contribution is 6.36. The maximum absolute atomic E-state index is 6.49. The van der Waals surface area contributed by atoms with Crippen LogP contribution in [0, 0.1) is 0 Å². The van der Waals surface area contributed by atoms with Crippen LogP contribution in [0.25, 0.3) is 10.9 Å². The van der Waals surface area contributed by atoms with Crippen molar-refractivity contribution in [3.63, 3.8) is 0 Å². The minimum atomic E-state index is 0.831. The molecule has 3 rings (SSSR count). The van der Waals surface area contributed by atoms with E-state index in [1.54, 1.807) is 7.11 Å². The lowest BCUT2D eigenvalue weighted by molar-refractivity contribution is 0.415. The molecule has 88 valence electrons. The number of benzene rings is 1. The largest absolute Gasteiger partial charge is 0.497 e.